The second-order valence-corrected chi connectivity index (χ2v) is 5.67. The summed E-state index contributed by atoms with van der Waals surface area (Å²) in [5.74, 6) is -0.730. The molecule has 9 heteroatoms. The first-order valence-electron chi connectivity index (χ1n) is 5.43. The Hall–Kier alpha value is -1.25. The predicted octanol–water partition coefficient (Wildman–Crippen LogP) is 0.271. The van der Waals surface area contributed by atoms with Gasteiger partial charge in [0.2, 0.25) is 16.9 Å². The van der Waals surface area contributed by atoms with Gasteiger partial charge in [0.05, 0.1) is 13.1 Å². The van der Waals surface area contributed by atoms with Crippen molar-refractivity contribution < 1.29 is 9.59 Å². The van der Waals surface area contributed by atoms with Crippen LogP contribution in [0.3, 0.4) is 0 Å². The largest absolute Gasteiger partial charge is 0.346 e. The van der Waals surface area contributed by atoms with Crippen LogP contribution in [0.5, 0.6) is 0 Å². The Labute approximate surface area is 121 Å². The molecule has 0 spiro atoms. The monoisotopic (exact) mass is 307 g/mol. The van der Waals surface area contributed by atoms with Crippen LogP contribution in [0.15, 0.2) is 0 Å². The maximum Gasteiger partial charge on any atom is 0.245 e. The van der Waals surface area contributed by atoms with Gasteiger partial charge >= 0.3 is 0 Å². The zero-order valence-corrected chi connectivity index (χ0v) is 12.7. The Bertz CT molecular complexity index is 443. The lowest BCUT2D eigenvalue weighted by Gasteiger charge is -2.12. The van der Waals surface area contributed by atoms with Gasteiger partial charge < -0.3 is 11.1 Å². The van der Waals surface area contributed by atoms with E-state index in [9.17, 15) is 9.59 Å². The topological polar surface area (TPSA) is 110 Å². The molecule has 0 saturated heterocycles. The maximum absolute atomic E-state index is 11.5. The molecule has 0 saturated carbocycles. The highest BCUT2D eigenvalue weighted by Gasteiger charge is 2.19. The number of anilines is 1. The summed E-state index contributed by atoms with van der Waals surface area (Å²) in [7, 11) is 0. The molecule has 1 heterocycles. The molecule has 108 valence electrons. The number of hydrogen-bond acceptors (Lipinski definition) is 6. The van der Waals surface area contributed by atoms with Crippen molar-refractivity contribution in [1.29, 1.82) is 0 Å². The SMILES string of the molecule is CC(C)(C)c1nnc(NC(=O)CNC(=O)CN)s1.Cl. The minimum atomic E-state index is -0.377. The maximum atomic E-state index is 11.5. The van der Waals surface area contributed by atoms with Crippen LogP contribution in [-0.2, 0) is 15.0 Å². The number of hydrogen-bond donors (Lipinski definition) is 3. The molecular weight excluding hydrogens is 290 g/mol. The van der Waals surface area contributed by atoms with Crippen molar-refractivity contribution in [3.63, 3.8) is 0 Å². The Balaban J connectivity index is 0.00000324. The fourth-order valence-electron chi connectivity index (χ4n) is 0.991. The molecule has 1 rings (SSSR count). The van der Waals surface area contributed by atoms with E-state index in [-0.39, 0.29) is 42.7 Å². The molecule has 0 aromatic carbocycles. The number of amides is 2. The van der Waals surface area contributed by atoms with Crippen molar-refractivity contribution in [1.82, 2.24) is 15.5 Å². The summed E-state index contributed by atoms with van der Waals surface area (Å²) in [6, 6.07) is 0. The van der Waals surface area contributed by atoms with Gasteiger partial charge in [-0.2, -0.15) is 0 Å². The summed E-state index contributed by atoms with van der Waals surface area (Å²) in [6.45, 7) is 5.78. The van der Waals surface area contributed by atoms with Gasteiger partial charge in [-0.1, -0.05) is 32.1 Å². The molecule has 0 fully saturated rings. The van der Waals surface area contributed by atoms with Gasteiger partial charge in [-0.15, -0.1) is 22.6 Å². The van der Waals surface area contributed by atoms with Crippen LogP contribution in [0.4, 0.5) is 5.13 Å². The molecular formula is C10H18ClN5O2S. The molecule has 0 unspecified atom stereocenters. The molecule has 0 radical (unpaired) electrons. The van der Waals surface area contributed by atoms with Crippen molar-refractivity contribution in [2.24, 2.45) is 5.73 Å². The molecule has 19 heavy (non-hydrogen) atoms. The summed E-state index contributed by atoms with van der Waals surface area (Å²) in [5.41, 5.74) is 5.00. The fourth-order valence-corrected chi connectivity index (χ4v) is 1.81. The number of nitrogens with two attached hydrogens (primary N) is 1. The van der Waals surface area contributed by atoms with Crippen LogP contribution < -0.4 is 16.4 Å². The number of nitrogens with one attached hydrogen (secondary N) is 2. The number of rotatable bonds is 4. The van der Waals surface area contributed by atoms with Crippen LogP contribution >= 0.6 is 23.7 Å². The first-order valence-corrected chi connectivity index (χ1v) is 6.25. The van der Waals surface area contributed by atoms with Gasteiger partial charge in [-0.25, -0.2) is 0 Å². The lowest BCUT2D eigenvalue weighted by molar-refractivity contribution is -0.123. The average Bonchev–Trinajstić information content (AvgIpc) is 2.74. The molecule has 0 aliphatic rings. The lowest BCUT2D eigenvalue weighted by Crippen LogP contribution is -2.36. The van der Waals surface area contributed by atoms with Crippen LogP contribution in [0.25, 0.3) is 0 Å². The van der Waals surface area contributed by atoms with Crippen LogP contribution in [0.2, 0.25) is 0 Å². The van der Waals surface area contributed by atoms with E-state index in [4.69, 9.17) is 5.73 Å². The Morgan fingerprint density at radius 3 is 2.37 bits per heavy atom. The number of aromatic nitrogens is 2. The van der Waals surface area contributed by atoms with Crippen LogP contribution in [0.1, 0.15) is 25.8 Å². The van der Waals surface area contributed by atoms with Crippen LogP contribution in [0, 0.1) is 0 Å². The zero-order chi connectivity index (χ0) is 13.8. The number of carbonyl (C=O) groups is 2. The Morgan fingerprint density at radius 2 is 1.89 bits per heavy atom. The molecule has 1 aromatic rings. The smallest absolute Gasteiger partial charge is 0.245 e. The van der Waals surface area contributed by atoms with E-state index in [0.717, 1.165) is 5.01 Å². The average molecular weight is 308 g/mol. The van der Waals surface area contributed by atoms with E-state index in [1.54, 1.807) is 0 Å². The van der Waals surface area contributed by atoms with Crippen molar-refractivity contribution in [2.45, 2.75) is 26.2 Å². The van der Waals surface area contributed by atoms with E-state index in [2.05, 4.69) is 20.8 Å². The third kappa shape index (κ3) is 5.95. The minimum Gasteiger partial charge on any atom is -0.346 e. The molecule has 0 atom stereocenters. The van der Waals surface area contributed by atoms with Gasteiger partial charge in [0, 0.05) is 5.41 Å². The summed E-state index contributed by atoms with van der Waals surface area (Å²) in [4.78, 5) is 22.3. The molecule has 7 nitrogen and oxygen atoms in total. The fraction of sp³-hybridized carbons (Fsp3) is 0.600. The molecule has 0 bridgehead atoms. The summed E-state index contributed by atoms with van der Waals surface area (Å²) in [6.07, 6.45) is 0. The van der Waals surface area contributed by atoms with Crippen molar-refractivity contribution >= 4 is 40.7 Å². The number of carbonyl (C=O) groups excluding carboxylic acids is 2. The van der Waals surface area contributed by atoms with Gasteiger partial charge in [-0.3, -0.25) is 14.9 Å². The molecule has 0 aliphatic heterocycles. The second-order valence-electron chi connectivity index (χ2n) is 4.69. The summed E-state index contributed by atoms with van der Waals surface area (Å²) < 4.78 is 0. The van der Waals surface area contributed by atoms with Crippen molar-refractivity contribution in [3.05, 3.63) is 5.01 Å². The highest BCUT2D eigenvalue weighted by molar-refractivity contribution is 7.15. The highest BCUT2D eigenvalue weighted by Crippen LogP contribution is 2.27. The minimum absolute atomic E-state index is 0. The third-order valence-corrected chi connectivity index (χ3v) is 3.21. The van der Waals surface area contributed by atoms with Gasteiger partial charge in [0.25, 0.3) is 0 Å². The normalized spacial score (nSPS) is 10.5. The lowest BCUT2D eigenvalue weighted by atomic mass is 9.98. The van der Waals surface area contributed by atoms with Crippen LogP contribution in [-0.4, -0.2) is 35.1 Å². The van der Waals surface area contributed by atoms with Gasteiger partial charge in [0.1, 0.15) is 5.01 Å². The molecule has 4 N–H and O–H groups in total. The van der Waals surface area contributed by atoms with Gasteiger partial charge in [0.15, 0.2) is 0 Å². The first kappa shape index (κ1) is 17.8. The standard InChI is InChI=1S/C10H17N5O2S.ClH/c1-10(2,3)8-14-15-9(18-8)13-7(17)5-12-6(16)4-11;/h4-5,11H2,1-3H3,(H,12,16)(H,13,15,17);1H. The van der Waals surface area contributed by atoms with E-state index in [1.165, 1.54) is 11.3 Å². The van der Waals surface area contributed by atoms with E-state index < -0.39 is 0 Å². The predicted molar refractivity (Wildman–Crippen MR) is 76.6 cm³/mol. The van der Waals surface area contributed by atoms with Crippen molar-refractivity contribution in [2.75, 3.05) is 18.4 Å². The molecule has 1 aromatic heterocycles. The second kappa shape index (κ2) is 7.37. The quantitative estimate of drug-likeness (QED) is 0.739. The molecule has 0 aliphatic carbocycles. The third-order valence-electron chi connectivity index (χ3n) is 1.94. The molecule has 2 amide bonds. The number of halogens is 1. The summed E-state index contributed by atoms with van der Waals surface area (Å²) in [5, 5.41) is 14.1. The van der Waals surface area contributed by atoms with E-state index in [1.807, 2.05) is 20.8 Å². The number of nitrogens with zero attached hydrogens (tertiary/aromatic N) is 2. The van der Waals surface area contributed by atoms with E-state index in [0.29, 0.717) is 5.13 Å². The Morgan fingerprint density at radius 1 is 1.26 bits per heavy atom. The summed E-state index contributed by atoms with van der Waals surface area (Å²) >= 11 is 1.32. The van der Waals surface area contributed by atoms with E-state index >= 15 is 0 Å². The zero-order valence-electron chi connectivity index (χ0n) is 11.0. The Kier molecular flexibility index (Phi) is 6.88. The van der Waals surface area contributed by atoms with Gasteiger partial charge in [-0.05, 0) is 0 Å². The van der Waals surface area contributed by atoms with Crippen molar-refractivity contribution in [3.8, 4) is 0 Å². The highest BCUT2D eigenvalue weighted by atomic mass is 35.5. The first-order chi connectivity index (χ1) is 8.32.